The van der Waals surface area contributed by atoms with Gasteiger partial charge in [-0.2, -0.15) is 0 Å². The molecular formula is C8H15FO6. The van der Waals surface area contributed by atoms with Crippen LogP contribution in [0.2, 0.25) is 0 Å². The SMILES string of the molecule is OC1C(O)C(O)C(O)(CCF)[C@@H](O)C1O. The zero-order valence-corrected chi connectivity index (χ0v) is 7.86. The maximum Gasteiger partial charge on any atom is 0.124 e. The lowest BCUT2D eigenvalue weighted by Gasteiger charge is -2.47. The molecule has 15 heavy (non-hydrogen) atoms. The quantitative estimate of drug-likeness (QED) is 0.296. The molecular weight excluding hydrogens is 211 g/mol. The van der Waals surface area contributed by atoms with Crippen molar-refractivity contribution in [3.63, 3.8) is 0 Å². The van der Waals surface area contributed by atoms with Gasteiger partial charge in [-0.25, -0.2) is 0 Å². The molecule has 0 spiro atoms. The first-order valence-corrected chi connectivity index (χ1v) is 4.55. The molecule has 5 unspecified atom stereocenters. The smallest absolute Gasteiger partial charge is 0.124 e. The molecule has 0 aromatic heterocycles. The zero-order valence-electron chi connectivity index (χ0n) is 7.86. The predicted octanol–water partition coefficient (Wildman–Crippen LogP) is -3.10. The summed E-state index contributed by atoms with van der Waals surface area (Å²) in [7, 11) is 0. The van der Waals surface area contributed by atoms with Gasteiger partial charge < -0.3 is 30.6 Å². The van der Waals surface area contributed by atoms with E-state index < -0.39 is 49.2 Å². The van der Waals surface area contributed by atoms with E-state index >= 15 is 0 Å². The molecule has 0 aromatic carbocycles. The van der Waals surface area contributed by atoms with Gasteiger partial charge >= 0.3 is 0 Å². The standard InChI is InChI=1S/C8H15FO6/c9-2-1-8(15)6(13)4(11)3(10)5(12)7(8)14/h3-7,10-15H,1-2H2/t3?,4?,5?,6-,7?,8?/m0/s1. The Morgan fingerprint density at radius 2 is 1.27 bits per heavy atom. The largest absolute Gasteiger partial charge is 0.387 e. The van der Waals surface area contributed by atoms with Gasteiger partial charge in [-0.05, 0) is 0 Å². The summed E-state index contributed by atoms with van der Waals surface area (Å²) in [6, 6.07) is 0. The molecule has 1 aliphatic rings. The molecule has 0 radical (unpaired) electrons. The van der Waals surface area contributed by atoms with Crippen LogP contribution in [-0.4, -0.2) is 73.4 Å². The molecule has 6 N–H and O–H groups in total. The number of aliphatic hydroxyl groups excluding tert-OH is 5. The maximum absolute atomic E-state index is 12.1. The predicted molar refractivity (Wildman–Crippen MR) is 45.6 cm³/mol. The Hall–Kier alpha value is -0.310. The van der Waals surface area contributed by atoms with E-state index in [2.05, 4.69) is 0 Å². The molecule has 0 saturated heterocycles. The fraction of sp³-hybridized carbons (Fsp3) is 1.00. The fourth-order valence-corrected chi connectivity index (χ4v) is 1.79. The lowest BCUT2D eigenvalue weighted by molar-refractivity contribution is -0.270. The molecule has 1 rings (SSSR count). The summed E-state index contributed by atoms with van der Waals surface area (Å²) in [6.45, 7) is -1.04. The normalized spacial score (nSPS) is 51.8. The molecule has 7 heteroatoms. The van der Waals surface area contributed by atoms with E-state index in [0.29, 0.717) is 0 Å². The van der Waals surface area contributed by atoms with E-state index in [9.17, 15) is 29.9 Å². The van der Waals surface area contributed by atoms with E-state index in [1.165, 1.54) is 0 Å². The van der Waals surface area contributed by atoms with Crippen molar-refractivity contribution in [1.82, 2.24) is 0 Å². The molecule has 0 aliphatic heterocycles. The number of aliphatic hydroxyl groups is 6. The zero-order chi connectivity index (χ0) is 11.8. The molecule has 1 aliphatic carbocycles. The first-order valence-electron chi connectivity index (χ1n) is 4.55. The van der Waals surface area contributed by atoms with Crippen molar-refractivity contribution in [2.75, 3.05) is 6.67 Å². The van der Waals surface area contributed by atoms with E-state index in [1.54, 1.807) is 0 Å². The van der Waals surface area contributed by atoms with Crippen LogP contribution in [0.5, 0.6) is 0 Å². The van der Waals surface area contributed by atoms with Crippen molar-refractivity contribution >= 4 is 0 Å². The summed E-state index contributed by atoms with van der Waals surface area (Å²) in [6.07, 6.45) is -9.92. The van der Waals surface area contributed by atoms with Crippen molar-refractivity contribution in [2.45, 2.75) is 42.5 Å². The van der Waals surface area contributed by atoms with Crippen LogP contribution in [0, 0.1) is 0 Å². The van der Waals surface area contributed by atoms with Gasteiger partial charge in [0.25, 0.3) is 0 Å². The van der Waals surface area contributed by atoms with Gasteiger partial charge in [0.1, 0.15) is 36.1 Å². The van der Waals surface area contributed by atoms with Gasteiger partial charge in [0.2, 0.25) is 0 Å². The van der Waals surface area contributed by atoms with Crippen LogP contribution in [0.4, 0.5) is 4.39 Å². The molecule has 0 aromatic rings. The summed E-state index contributed by atoms with van der Waals surface area (Å²) in [5.41, 5.74) is -2.35. The van der Waals surface area contributed by atoms with Crippen LogP contribution < -0.4 is 0 Å². The van der Waals surface area contributed by atoms with Crippen molar-refractivity contribution in [1.29, 1.82) is 0 Å². The van der Waals surface area contributed by atoms with Gasteiger partial charge in [0, 0.05) is 6.42 Å². The molecule has 6 nitrogen and oxygen atoms in total. The minimum Gasteiger partial charge on any atom is -0.387 e. The molecule has 6 atom stereocenters. The highest BCUT2D eigenvalue weighted by Crippen LogP contribution is 2.32. The molecule has 90 valence electrons. The van der Waals surface area contributed by atoms with Crippen molar-refractivity contribution in [3.8, 4) is 0 Å². The Bertz CT molecular complexity index is 209. The summed E-state index contributed by atoms with van der Waals surface area (Å²) in [5.74, 6) is 0. The van der Waals surface area contributed by atoms with Gasteiger partial charge in [-0.1, -0.05) is 0 Å². The number of rotatable bonds is 2. The van der Waals surface area contributed by atoms with E-state index in [1.807, 2.05) is 0 Å². The number of hydrogen-bond donors (Lipinski definition) is 6. The van der Waals surface area contributed by atoms with Crippen LogP contribution in [0.15, 0.2) is 0 Å². The van der Waals surface area contributed by atoms with Gasteiger partial charge in [0.15, 0.2) is 0 Å². The lowest BCUT2D eigenvalue weighted by atomic mass is 9.73. The molecule has 1 fully saturated rings. The fourth-order valence-electron chi connectivity index (χ4n) is 1.79. The van der Waals surface area contributed by atoms with E-state index in [-0.39, 0.29) is 0 Å². The van der Waals surface area contributed by atoms with Crippen LogP contribution >= 0.6 is 0 Å². The van der Waals surface area contributed by atoms with E-state index in [0.717, 1.165) is 0 Å². The van der Waals surface area contributed by atoms with Gasteiger partial charge in [0.05, 0.1) is 6.67 Å². The summed E-state index contributed by atoms with van der Waals surface area (Å²) in [5, 5.41) is 56.1. The minimum absolute atomic E-state index is 0.643. The molecule has 1 saturated carbocycles. The average Bonchev–Trinajstić information content (AvgIpc) is 2.22. The Morgan fingerprint density at radius 1 is 0.867 bits per heavy atom. The van der Waals surface area contributed by atoms with Crippen LogP contribution in [0.25, 0.3) is 0 Å². The van der Waals surface area contributed by atoms with Gasteiger partial charge in [-0.3, -0.25) is 4.39 Å². The maximum atomic E-state index is 12.1. The van der Waals surface area contributed by atoms with Crippen molar-refractivity contribution < 1.29 is 35.0 Å². The summed E-state index contributed by atoms with van der Waals surface area (Å²) in [4.78, 5) is 0. The van der Waals surface area contributed by atoms with E-state index in [4.69, 9.17) is 5.11 Å². The second-order valence-electron chi connectivity index (χ2n) is 3.79. The van der Waals surface area contributed by atoms with Crippen LogP contribution in [0.1, 0.15) is 6.42 Å². The summed E-state index contributed by atoms with van der Waals surface area (Å²) < 4.78 is 12.1. The number of halogens is 1. The Morgan fingerprint density at radius 3 is 1.60 bits per heavy atom. The first kappa shape index (κ1) is 12.8. The highest BCUT2D eigenvalue weighted by atomic mass is 19.1. The van der Waals surface area contributed by atoms with Crippen molar-refractivity contribution in [2.24, 2.45) is 0 Å². The average molecular weight is 226 g/mol. The topological polar surface area (TPSA) is 121 Å². The van der Waals surface area contributed by atoms with Crippen LogP contribution in [0.3, 0.4) is 0 Å². The van der Waals surface area contributed by atoms with Crippen molar-refractivity contribution in [3.05, 3.63) is 0 Å². The number of alkyl halides is 1. The third kappa shape index (κ3) is 1.86. The minimum atomic E-state index is -2.35. The molecule has 0 heterocycles. The monoisotopic (exact) mass is 226 g/mol. The third-order valence-corrected chi connectivity index (χ3v) is 2.87. The third-order valence-electron chi connectivity index (χ3n) is 2.87. The molecule has 0 amide bonds. The highest BCUT2D eigenvalue weighted by Gasteiger charge is 2.57. The second kappa shape index (κ2) is 4.28. The Balaban J connectivity index is 2.95. The molecule has 0 bridgehead atoms. The Kier molecular flexibility index (Phi) is 3.64. The second-order valence-corrected chi connectivity index (χ2v) is 3.79. The first-order chi connectivity index (χ1) is 6.86. The van der Waals surface area contributed by atoms with Gasteiger partial charge in [-0.15, -0.1) is 0 Å². The number of hydrogen-bond acceptors (Lipinski definition) is 6. The highest BCUT2D eigenvalue weighted by molar-refractivity contribution is 5.08. The summed E-state index contributed by atoms with van der Waals surface area (Å²) >= 11 is 0. The lowest BCUT2D eigenvalue weighted by Crippen LogP contribution is -2.70. The Labute approximate surface area is 85.2 Å². The van der Waals surface area contributed by atoms with Crippen LogP contribution in [-0.2, 0) is 0 Å².